The van der Waals surface area contributed by atoms with Crippen molar-refractivity contribution in [1.29, 1.82) is 0 Å². The van der Waals surface area contributed by atoms with E-state index in [2.05, 4.69) is 16.4 Å². The van der Waals surface area contributed by atoms with Gasteiger partial charge in [-0.2, -0.15) is 0 Å². The van der Waals surface area contributed by atoms with Crippen LogP contribution in [-0.4, -0.2) is 35.5 Å². The third kappa shape index (κ3) is 3.11. The minimum Gasteiger partial charge on any atom is -0.337 e. The van der Waals surface area contributed by atoms with Crippen molar-refractivity contribution in [3.05, 3.63) is 30.1 Å². The predicted octanol–water partition coefficient (Wildman–Crippen LogP) is 2.94. The Kier molecular flexibility index (Phi) is 4.99. The molecule has 2 amide bonds. The number of pyridine rings is 1. The molecule has 1 saturated carbocycles. The van der Waals surface area contributed by atoms with Crippen LogP contribution in [-0.2, 0) is 5.41 Å². The molecule has 1 aromatic rings. The Hall–Kier alpha value is -1.58. The van der Waals surface area contributed by atoms with E-state index in [0.29, 0.717) is 6.54 Å². The van der Waals surface area contributed by atoms with Crippen LogP contribution in [0.4, 0.5) is 4.79 Å². The summed E-state index contributed by atoms with van der Waals surface area (Å²) in [6.07, 6.45) is 6.52. The first-order chi connectivity index (χ1) is 9.72. The van der Waals surface area contributed by atoms with Crippen molar-refractivity contribution >= 4 is 6.03 Å². The highest BCUT2D eigenvalue weighted by atomic mass is 16.2. The molecule has 1 aromatic heterocycles. The normalized spacial score (nSPS) is 16.9. The molecule has 0 unspecified atom stereocenters. The number of urea groups is 1. The number of carbonyl (C=O) groups is 1. The first kappa shape index (κ1) is 14.8. The van der Waals surface area contributed by atoms with Gasteiger partial charge < -0.3 is 10.2 Å². The zero-order chi connectivity index (χ0) is 14.4. The molecule has 0 spiro atoms. The summed E-state index contributed by atoms with van der Waals surface area (Å²) in [5, 5.41) is 3.11. The number of aromatic nitrogens is 1. The van der Waals surface area contributed by atoms with E-state index in [-0.39, 0.29) is 11.4 Å². The van der Waals surface area contributed by atoms with E-state index in [0.717, 1.165) is 31.6 Å². The van der Waals surface area contributed by atoms with Crippen LogP contribution in [0, 0.1) is 0 Å². The summed E-state index contributed by atoms with van der Waals surface area (Å²) in [5.41, 5.74) is 1.15. The lowest BCUT2D eigenvalue weighted by atomic mass is 9.82. The second-order valence-corrected chi connectivity index (χ2v) is 5.53. The SMILES string of the molecule is CCN(CC)C(=O)NCC1(c2ccccn2)CCCC1. The Morgan fingerprint density at radius 3 is 2.55 bits per heavy atom. The molecular weight excluding hydrogens is 250 g/mol. The lowest BCUT2D eigenvalue weighted by Crippen LogP contribution is -2.45. The molecule has 0 aromatic carbocycles. The van der Waals surface area contributed by atoms with Crippen molar-refractivity contribution in [2.24, 2.45) is 0 Å². The molecule has 20 heavy (non-hydrogen) atoms. The minimum atomic E-state index is 0.0318. The number of amides is 2. The highest BCUT2D eigenvalue weighted by Gasteiger charge is 2.37. The van der Waals surface area contributed by atoms with Gasteiger partial charge in [-0.15, -0.1) is 0 Å². The van der Waals surface area contributed by atoms with Crippen molar-refractivity contribution in [3.8, 4) is 0 Å². The molecule has 0 aliphatic heterocycles. The number of nitrogens with one attached hydrogen (secondary N) is 1. The summed E-state index contributed by atoms with van der Waals surface area (Å²) in [6.45, 7) is 6.21. The highest BCUT2D eigenvalue weighted by Crippen LogP contribution is 2.39. The van der Waals surface area contributed by atoms with Crippen molar-refractivity contribution in [2.45, 2.75) is 44.9 Å². The van der Waals surface area contributed by atoms with Gasteiger partial charge in [0.25, 0.3) is 0 Å². The number of nitrogens with zero attached hydrogens (tertiary/aromatic N) is 2. The van der Waals surface area contributed by atoms with Crippen LogP contribution in [0.25, 0.3) is 0 Å². The van der Waals surface area contributed by atoms with E-state index < -0.39 is 0 Å². The first-order valence-electron chi connectivity index (χ1n) is 7.66. The summed E-state index contributed by atoms with van der Waals surface area (Å²) in [4.78, 5) is 18.5. The van der Waals surface area contributed by atoms with Crippen molar-refractivity contribution in [1.82, 2.24) is 15.2 Å². The smallest absolute Gasteiger partial charge is 0.317 e. The van der Waals surface area contributed by atoms with Gasteiger partial charge in [-0.3, -0.25) is 4.98 Å². The van der Waals surface area contributed by atoms with Crippen LogP contribution >= 0.6 is 0 Å². The van der Waals surface area contributed by atoms with Crippen LogP contribution in [0.5, 0.6) is 0 Å². The van der Waals surface area contributed by atoms with Crippen LogP contribution < -0.4 is 5.32 Å². The number of hydrogen-bond acceptors (Lipinski definition) is 2. The number of rotatable bonds is 5. The molecule has 0 saturated heterocycles. The lowest BCUT2D eigenvalue weighted by molar-refractivity contribution is 0.199. The van der Waals surface area contributed by atoms with Gasteiger partial charge in [0.05, 0.1) is 0 Å². The maximum Gasteiger partial charge on any atom is 0.317 e. The first-order valence-corrected chi connectivity index (χ1v) is 7.66. The molecule has 1 N–H and O–H groups in total. The van der Waals surface area contributed by atoms with Crippen LogP contribution in [0.1, 0.15) is 45.2 Å². The third-order valence-electron chi connectivity index (χ3n) is 4.40. The van der Waals surface area contributed by atoms with Gasteiger partial charge in [0.15, 0.2) is 0 Å². The van der Waals surface area contributed by atoms with Gasteiger partial charge in [-0.05, 0) is 38.8 Å². The van der Waals surface area contributed by atoms with Gasteiger partial charge in [0.1, 0.15) is 0 Å². The van der Waals surface area contributed by atoms with Crippen LogP contribution in [0.3, 0.4) is 0 Å². The maximum atomic E-state index is 12.1. The van der Waals surface area contributed by atoms with Crippen molar-refractivity contribution in [3.63, 3.8) is 0 Å². The molecule has 0 radical (unpaired) electrons. The minimum absolute atomic E-state index is 0.0318. The number of hydrogen-bond donors (Lipinski definition) is 1. The predicted molar refractivity (Wildman–Crippen MR) is 80.7 cm³/mol. The van der Waals surface area contributed by atoms with Crippen molar-refractivity contribution in [2.75, 3.05) is 19.6 Å². The van der Waals surface area contributed by atoms with Gasteiger partial charge in [-0.25, -0.2) is 4.79 Å². The standard InChI is InChI=1S/C16H25N3O/c1-3-19(4-2)15(20)18-13-16(10-6-7-11-16)14-9-5-8-12-17-14/h5,8-9,12H,3-4,6-7,10-11,13H2,1-2H3,(H,18,20). The summed E-state index contributed by atoms with van der Waals surface area (Å²) < 4.78 is 0. The Labute approximate surface area is 121 Å². The Morgan fingerprint density at radius 1 is 1.30 bits per heavy atom. The van der Waals surface area contributed by atoms with Gasteiger partial charge >= 0.3 is 6.03 Å². The Bertz CT molecular complexity index is 423. The molecule has 2 rings (SSSR count). The van der Waals surface area contributed by atoms with Gasteiger partial charge in [0.2, 0.25) is 0 Å². The fourth-order valence-electron chi connectivity index (χ4n) is 3.12. The van der Waals surface area contributed by atoms with Gasteiger partial charge in [0, 0.05) is 36.9 Å². The third-order valence-corrected chi connectivity index (χ3v) is 4.40. The monoisotopic (exact) mass is 275 g/mol. The van der Waals surface area contributed by atoms with E-state index in [1.54, 1.807) is 0 Å². The van der Waals surface area contributed by atoms with Crippen molar-refractivity contribution < 1.29 is 4.79 Å². The lowest BCUT2D eigenvalue weighted by Gasteiger charge is -2.30. The molecule has 1 aliphatic carbocycles. The quantitative estimate of drug-likeness (QED) is 0.898. The van der Waals surface area contributed by atoms with E-state index in [9.17, 15) is 4.79 Å². The van der Waals surface area contributed by atoms with E-state index in [1.807, 2.05) is 37.1 Å². The fourth-order valence-corrected chi connectivity index (χ4v) is 3.12. The summed E-state index contributed by atoms with van der Waals surface area (Å²) in [7, 11) is 0. The molecule has 0 bridgehead atoms. The average molecular weight is 275 g/mol. The van der Waals surface area contributed by atoms with Crippen LogP contribution in [0.2, 0.25) is 0 Å². The Morgan fingerprint density at radius 2 is 2.00 bits per heavy atom. The second kappa shape index (κ2) is 6.73. The summed E-state index contributed by atoms with van der Waals surface area (Å²) in [5.74, 6) is 0. The van der Waals surface area contributed by atoms with E-state index in [1.165, 1.54) is 12.8 Å². The molecule has 1 aliphatic rings. The highest BCUT2D eigenvalue weighted by molar-refractivity contribution is 5.74. The molecule has 4 heteroatoms. The zero-order valence-corrected chi connectivity index (χ0v) is 12.6. The molecule has 1 heterocycles. The zero-order valence-electron chi connectivity index (χ0n) is 12.6. The molecule has 4 nitrogen and oxygen atoms in total. The largest absolute Gasteiger partial charge is 0.337 e. The number of carbonyl (C=O) groups excluding carboxylic acids is 1. The van der Waals surface area contributed by atoms with E-state index in [4.69, 9.17) is 0 Å². The fraction of sp³-hybridized carbons (Fsp3) is 0.625. The molecule has 0 atom stereocenters. The van der Waals surface area contributed by atoms with E-state index >= 15 is 0 Å². The Balaban J connectivity index is 2.06. The summed E-state index contributed by atoms with van der Waals surface area (Å²) in [6, 6.07) is 6.11. The van der Waals surface area contributed by atoms with Crippen LogP contribution in [0.15, 0.2) is 24.4 Å². The molecule has 1 fully saturated rings. The molecular formula is C16H25N3O. The maximum absolute atomic E-state index is 12.1. The average Bonchev–Trinajstić information content (AvgIpc) is 2.97. The topological polar surface area (TPSA) is 45.2 Å². The summed E-state index contributed by atoms with van der Waals surface area (Å²) >= 11 is 0. The van der Waals surface area contributed by atoms with Gasteiger partial charge in [-0.1, -0.05) is 18.9 Å². The molecule has 110 valence electrons. The second-order valence-electron chi connectivity index (χ2n) is 5.53.